The second kappa shape index (κ2) is 11.1. The van der Waals surface area contributed by atoms with Crippen LogP contribution in [0.4, 0.5) is 0 Å². The Hall–Kier alpha value is -1.86. The Labute approximate surface area is 190 Å². The minimum atomic E-state index is -3.08. The molecule has 7 heteroatoms. The van der Waals surface area contributed by atoms with E-state index in [1.165, 1.54) is 25.7 Å². The van der Waals surface area contributed by atoms with Gasteiger partial charge in [-0.25, -0.2) is 8.42 Å². The number of unbranched alkanes of at least 4 members (excludes halogenated alkanes) is 4. The van der Waals surface area contributed by atoms with Gasteiger partial charge in [-0.2, -0.15) is 0 Å². The fourth-order valence-electron chi connectivity index (χ4n) is 3.86. The Morgan fingerprint density at radius 3 is 2.48 bits per heavy atom. The molecule has 1 amide bonds. The number of benzene rings is 1. The van der Waals surface area contributed by atoms with E-state index in [9.17, 15) is 13.2 Å². The fourth-order valence-corrected chi connectivity index (χ4v) is 6.50. The molecule has 0 bridgehead atoms. The minimum absolute atomic E-state index is 0.0440. The van der Waals surface area contributed by atoms with E-state index in [-0.39, 0.29) is 23.5 Å². The third-order valence-corrected chi connectivity index (χ3v) is 8.57. The van der Waals surface area contributed by atoms with Gasteiger partial charge in [-0.15, -0.1) is 11.3 Å². The van der Waals surface area contributed by atoms with Crippen LogP contribution in [0.3, 0.4) is 0 Å². The van der Waals surface area contributed by atoms with Crippen molar-refractivity contribution >= 4 is 27.1 Å². The molecule has 2 aromatic rings. The maximum Gasteiger partial charge on any atom is 0.254 e. The fraction of sp³-hybridized carbons (Fsp3) is 0.542. The quantitative estimate of drug-likeness (QED) is 0.428. The lowest BCUT2D eigenvalue weighted by Crippen LogP contribution is -2.40. The molecule has 3 rings (SSSR count). The van der Waals surface area contributed by atoms with Gasteiger partial charge >= 0.3 is 0 Å². The van der Waals surface area contributed by atoms with Gasteiger partial charge in [0.1, 0.15) is 5.75 Å². The predicted octanol–water partition coefficient (Wildman–Crippen LogP) is 5.24. The van der Waals surface area contributed by atoms with E-state index in [2.05, 4.69) is 6.92 Å². The summed E-state index contributed by atoms with van der Waals surface area (Å²) in [5.74, 6) is 0.829. The molecule has 1 saturated heterocycles. The summed E-state index contributed by atoms with van der Waals surface area (Å²) in [4.78, 5) is 16.2. The van der Waals surface area contributed by atoms with E-state index in [1.807, 2.05) is 30.5 Å². The van der Waals surface area contributed by atoms with Crippen LogP contribution in [-0.2, 0) is 16.4 Å². The highest BCUT2D eigenvalue weighted by atomic mass is 32.2. The van der Waals surface area contributed by atoms with Crippen molar-refractivity contribution in [2.75, 3.05) is 18.1 Å². The van der Waals surface area contributed by atoms with Crippen LogP contribution >= 0.6 is 11.3 Å². The highest BCUT2D eigenvalue weighted by Crippen LogP contribution is 2.26. The zero-order valence-corrected chi connectivity index (χ0v) is 20.1. The molecule has 1 fully saturated rings. The average Bonchev–Trinajstić information content (AvgIpc) is 3.33. The second-order valence-electron chi connectivity index (χ2n) is 8.30. The first-order chi connectivity index (χ1) is 14.9. The number of ether oxygens (including phenoxy) is 1. The summed E-state index contributed by atoms with van der Waals surface area (Å²) in [7, 11) is -3.08. The molecular weight excluding hydrogens is 430 g/mol. The number of carbonyl (C=O) groups excluding carboxylic acids is 1. The molecule has 1 aromatic carbocycles. The van der Waals surface area contributed by atoms with Crippen LogP contribution in [0.15, 0.2) is 35.7 Å². The van der Waals surface area contributed by atoms with Crippen molar-refractivity contribution in [3.63, 3.8) is 0 Å². The summed E-state index contributed by atoms with van der Waals surface area (Å²) in [6.07, 6.45) is 6.44. The lowest BCUT2D eigenvalue weighted by atomic mass is 10.1. The zero-order valence-electron chi connectivity index (χ0n) is 18.5. The number of hydrogen-bond acceptors (Lipinski definition) is 5. The first kappa shape index (κ1) is 23.8. The number of thiophene rings is 1. The number of nitrogens with zero attached hydrogens (tertiary/aromatic N) is 1. The number of amides is 1. The minimum Gasteiger partial charge on any atom is -0.494 e. The van der Waals surface area contributed by atoms with Crippen LogP contribution in [0.5, 0.6) is 5.75 Å². The third kappa shape index (κ3) is 6.81. The predicted molar refractivity (Wildman–Crippen MR) is 127 cm³/mol. The lowest BCUT2D eigenvalue weighted by Gasteiger charge is -2.28. The molecule has 0 N–H and O–H groups in total. The molecule has 1 aliphatic rings. The molecule has 1 aliphatic heterocycles. The molecule has 2 heterocycles. The molecule has 170 valence electrons. The Morgan fingerprint density at radius 1 is 1.13 bits per heavy atom. The van der Waals surface area contributed by atoms with Gasteiger partial charge in [0.25, 0.3) is 5.91 Å². The summed E-state index contributed by atoms with van der Waals surface area (Å²) in [5.41, 5.74) is 1.69. The summed E-state index contributed by atoms with van der Waals surface area (Å²) in [6, 6.07) is 8.98. The summed E-state index contributed by atoms with van der Waals surface area (Å²) in [5, 5.41) is 2.01. The zero-order chi connectivity index (χ0) is 22.3. The van der Waals surface area contributed by atoms with Crippen LogP contribution in [-0.4, -0.2) is 43.4 Å². The van der Waals surface area contributed by atoms with Crippen LogP contribution in [0.2, 0.25) is 0 Å². The molecule has 0 saturated carbocycles. The molecule has 1 atom stereocenters. The normalized spacial score (nSPS) is 17.5. The van der Waals surface area contributed by atoms with Crippen molar-refractivity contribution in [1.82, 2.24) is 4.90 Å². The summed E-state index contributed by atoms with van der Waals surface area (Å²) in [6.45, 7) is 5.35. The number of rotatable bonds is 11. The number of aryl methyl sites for hydroxylation is 1. The van der Waals surface area contributed by atoms with Gasteiger partial charge in [-0.3, -0.25) is 4.79 Å². The van der Waals surface area contributed by atoms with Gasteiger partial charge in [0.05, 0.1) is 24.7 Å². The van der Waals surface area contributed by atoms with E-state index in [0.29, 0.717) is 25.1 Å². The standard InChI is InChI=1S/C24H33NO4S2/c1-3-4-5-6-7-14-29-22-10-8-20(9-11-22)24(26)25(17-23-19(2)12-15-30-23)21-13-16-31(27,28)18-21/h8-12,15,21H,3-7,13-14,16-18H2,1-2H3/t21-/m1/s1. The van der Waals surface area contributed by atoms with E-state index in [4.69, 9.17) is 4.74 Å². The highest BCUT2D eigenvalue weighted by molar-refractivity contribution is 7.91. The maximum absolute atomic E-state index is 13.3. The van der Waals surface area contributed by atoms with Crippen LogP contribution in [0, 0.1) is 6.92 Å². The summed E-state index contributed by atoms with van der Waals surface area (Å²) < 4.78 is 29.9. The molecule has 0 unspecified atom stereocenters. The Balaban J connectivity index is 1.65. The molecule has 1 aromatic heterocycles. The summed E-state index contributed by atoms with van der Waals surface area (Å²) >= 11 is 1.60. The molecule has 31 heavy (non-hydrogen) atoms. The van der Waals surface area contributed by atoms with Gasteiger partial charge in [0.15, 0.2) is 9.84 Å². The Morgan fingerprint density at radius 2 is 1.87 bits per heavy atom. The number of carbonyl (C=O) groups is 1. The average molecular weight is 464 g/mol. The Kier molecular flexibility index (Phi) is 8.55. The van der Waals surface area contributed by atoms with Crippen molar-refractivity contribution < 1.29 is 17.9 Å². The van der Waals surface area contributed by atoms with Gasteiger partial charge in [-0.1, -0.05) is 32.6 Å². The lowest BCUT2D eigenvalue weighted by molar-refractivity contribution is 0.0683. The van der Waals surface area contributed by atoms with Crippen LogP contribution < -0.4 is 4.74 Å². The van der Waals surface area contributed by atoms with Crippen molar-refractivity contribution in [3.05, 3.63) is 51.7 Å². The van der Waals surface area contributed by atoms with Crippen molar-refractivity contribution in [2.45, 2.75) is 65.0 Å². The SMILES string of the molecule is CCCCCCCOc1ccc(C(=O)N(Cc2sccc2C)[C@@H]2CCS(=O)(=O)C2)cc1. The van der Waals surface area contributed by atoms with Gasteiger partial charge in [-0.05, 0) is 61.0 Å². The Bertz CT molecular complexity index is 950. The van der Waals surface area contributed by atoms with Crippen molar-refractivity contribution in [2.24, 2.45) is 0 Å². The van der Waals surface area contributed by atoms with Crippen molar-refractivity contribution in [1.29, 1.82) is 0 Å². The monoisotopic (exact) mass is 463 g/mol. The first-order valence-electron chi connectivity index (χ1n) is 11.2. The van der Waals surface area contributed by atoms with Crippen molar-refractivity contribution in [3.8, 4) is 5.75 Å². The number of sulfone groups is 1. The molecule has 0 spiro atoms. The second-order valence-corrected chi connectivity index (χ2v) is 11.5. The smallest absolute Gasteiger partial charge is 0.254 e. The highest BCUT2D eigenvalue weighted by Gasteiger charge is 2.35. The molecule has 5 nitrogen and oxygen atoms in total. The van der Waals surface area contributed by atoms with Gasteiger partial charge in [0.2, 0.25) is 0 Å². The van der Waals surface area contributed by atoms with E-state index >= 15 is 0 Å². The number of hydrogen-bond donors (Lipinski definition) is 0. The molecule has 0 aliphatic carbocycles. The van der Waals surface area contributed by atoms with E-state index < -0.39 is 9.84 Å². The maximum atomic E-state index is 13.3. The van der Waals surface area contributed by atoms with Gasteiger partial charge < -0.3 is 9.64 Å². The molecular formula is C24H33NO4S2. The topological polar surface area (TPSA) is 63.7 Å². The van der Waals surface area contributed by atoms with Gasteiger partial charge in [0, 0.05) is 16.5 Å². The third-order valence-electron chi connectivity index (χ3n) is 5.81. The van der Waals surface area contributed by atoms with Crippen LogP contribution in [0.25, 0.3) is 0 Å². The van der Waals surface area contributed by atoms with E-state index in [1.54, 1.807) is 28.4 Å². The van der Waals surface area contributed by atoms with Crippen LogP contribution in [0.1, 0.15) is 66.2 Å². The van der Waals surface area contributed by atoms with E-state index in [0.717, 1.165) is 22.6 Å². The largest absolute Gasteiger partial charge is 0.494 e. The first-order valence-corrected chi connectivity index (χ1v) is 13.9. The molecule has 0 radical (unpaired) electrons.